The predicted octanol–water partition coefficient (Wildman–Crippen LogP) is 1.90. The van der Waals surface area contributed by atoms with Crippen LogP contribution in [0.25, 0.3) is 0 Å². The van der Waals surface area contributed by atoms with E-state index in [1.54, 1.807) is 13.1 Å². The molecule has 1 N–H and O–H groups in total. The van der Waals surface area contributed by atoms with Crippen LogP contribution in [-0.4, -0.2) is 63.8 Å². The van der Waals surface area contributed by atoms with Crippen LogP contribution in [-0.2, 0) is 21.9 Å². The summed E-state index contributed by atoms with van der Waals surface area (Å²) >= 11 is 1.18. The Labute approximate surface area is 180 Å². The third-order valence-corrected chi connectivity index (χ3v) is 7.36. The Kier molecular flexibility index (Phi) is 7.32. The number of carbonyl (C=O) groups excluding carboxylic acids is 1. The van der Waals surface area contributed by atoms with Gasteiger partial charge in [-0.15, -0.1) is 5.10 Å². The quantitative estimate of drug-likeness (QED) is 0.601. The zero-order valence-corrected chi connectivity index (χ0v) is 18.9. The van der Waals surface area contributed by atoms with E-state index in [1.807, 2.05) is 13.8 Å². The molecule has 0 spiro atoms. The molecule has 1 aromatic heterocycles. The normalized spacial score (nSPS) is 15.3. The fourth-order valence-electron chi connectivity index (χ4n) is 3.04. The molecule has 1 fully saturated rings. The van der Waals surface area contributed by atoms with E-state index in [0.717, 1.165) is 19.3 Å². The van der Waals surface area contributed by atoms with Gasteiger partial charge in [0.1, 0.15) is 5.75 Å². The maximum Gasteiger partial charge on any atom is 0.243 e. The molecule has 1 saturated heterocycles. The Hall–Kier alpha value is -2.18. The summed E-state index contributed by atoms with van der Waals surface area (Å²) in [4.78, 5) is 12.6. The van der Waals surface area contributed by atoms with Crippen molar-refractivity contribution in [1.29, 1.82) is 0 Å². The van der Waals surface area contributed by atoms with Gasteiger partial charge in [0.2, 0.25) is 21.1 Å². The van der Waals surface area contributed by atoms with E-state index < -0.39 is 10.0 Å². The molecule has 0 unspecified atom stereocenters. The first-order valence-corrected chi connectivity index (χ1v) is 12.2. The van der Waals surface area contributed by atoms with Gasteiger partial charge in [0.05, 0.1) is 22.4 Å². The van der Waals surface area contributed by atoms with Crippen LogP contribution >= 0.6 is 11.8 Å². The molecule has 0 bridgehead atoms. The lowest BCUT2D eigenvalue weighted by molar-refractivity contribution is -0.113. The van der Waals surface area contributed by atoms with Gasteiger partial charge in [-0.05, 0) is 55.3 Å². The van der Waals surface area contributed by atoms with Crippen molar-refractivity contribution >= 4 is 33.4 Å². The minimum atomic E-state index is -3.63. The maximum absolute atomic E-state index is 13.0. The van der Waals surface area contributed by atoms with Crippen molar-refractivity contribution < 1.29 is 17.9 Å². The summed E-state index contributed by atoms with van der Waals surface area (Å²) in [5.41, 5.74) is 0.323. The van der Waals surface area contributed by atoms with Crippen LogP contribution in [0, 0.1) is 0 Å². The topological polar surface area (TPSA) is 119 Å². The number of nitrogens with one attached hydrogen (secondary N) is 1. The molecule has 30 heavy (non-hydrogen) atoms. The molecule has 0 radical (unpaired) electrons. The number of piperidine rings is 1. The highest BCUT2D eigenvalue weighted by Gasteiger charge is 2.27. The Morgan fingerprint density at radius 2 is 2.00 bits per heavy atom. The largest absolute Gasteiger partial charge is 0.489 e. The lowest BCUT2D eigenvalue weighted by Crippen LogP contribution is -2.35. The number of thioether (sulfide) groups is 1. The van der Waals surface area contributed by atoms with Gasteiger partial charge in [-0.1, -0.05) is 18.2 Å². The zero-order valence-electron chi connectivity index (χ0n) is 17.2. The Morgan fingerprint density at radius 1 is 1.27 bits per heavy atom. The van der Waals surface area contributed by atoms with Crippen LogP contribution in [0.2, 0.25) is 0 Å². The van der Waals surface area contributed by atoms with Gasteiger partial charge in [-0.3, -0.25) is 4.79 Å². The second-order valence-corrected chi connectivity index (χ2v) is 10.1. The van der Waals surface area contributed by atoms with Crippen molar-refractivity contribution in [2.24, 2.45) is 7.05 Å². The van der Waals surface area contributed by atoms with Crippen LogP contribution in [0.1, 0.15) is 33.1 Å². The summed E-state index contributed by atoms with van der Waals surface area (Å²) in [6.45, 7) is 4.75. The lowest BCUT2D eigenvalue weighted by atomic mass is 10.2. The van der Waals surface area contributed by atoms with Crippen LogP contribution in [0.15, 0.2) is 28.3 Å². The van der Waals surface area contributed by atoms with Crippen molar-refractivity contribution in [2.45, 2.75) is 49.3 Å². The van der Waals surface area contributed by atoms with E-state index in [4.69, 9.17) is 4.74 Å². The molecule has 1 amide bonds. The predicted molar refractivity (Wildman–Crippen MR) is 113 cm³/mol. The van der Waals surface area contributed by atoms with E-state index in [-0.39, 0.29) is 22.7 Å². The molecule has 3 rings (SSSR count). The molecular weight excluding hydrogens is 428 g/mol. The monoisotopic (exact) mass is 454 g/mol. The van der Waals surface area contributed by atoms with Crippen molar-refractivity contribution in [3.05, 3.63) is 18.2 Å². The number of hydrogen-bond donors (Lipinski definition) is 1. The number of rotatable bonds is 8. The first-order chi connectivity index (χ1) is 14.3. The summed E-state index contributed by atoms with van der Waals surface area (Å²) in [5.74, 6) is 0.170. The minimum absolute atomic E-state index is 0.0679. The molecule has 2 aromatic rings. The summed E-state index contributed by atoms with van der Waals surface area (Å²) < 4.78 is 34.8. The number of aryl methyl sites for hydroxylation is 1. The Bertz CT molecular complexity index is 986. The number of benzene rings is 1. The number of tetrazole rings is 1. The van der Waals surface area contributed by atoms with Crippen LogP contribution in [0.4, 0.5) is 5.69 Å². The average Bonchev–Trinajstić information content (AvgIpc) is 3.12. The molecule has 2 heterocycles. The number of anilines is 1. The molecule has 12 heteroatoms. The van der Waals surface area contributed by atoms with E-state index in [9.17, 15) is 13.2 Å². The first-order valence-electron chi connectivity index (χ1n) is 9.73. The number of hydrogen-bond acceptors (Lipinski definition) is 8. The highest BCUT2D eigenvalue weighted by Crippen LogP contribution is 2.31. The molecule has 0 saturated carbocycles. The third kappa shape index (κ3) is 5.49. The van der Waals surface area contributed by atoms with Crippen molar-refractivity contribution in [2.75, 3.05) is 24.2 Å². The average molecular weight is 455 g/mol. The summed E-state index contributed by atoms with van der Waals surface area (Å²) in [7, 11) is -1.94. The third-order valence-electron chi connectivity index (χ3n) is 4.45. The molecule has 1 aliphatic rings. The van der Waals surface area contributed by atoms with Crippen molar-refractivity contribution in [1.82, 2.24) is 24.5 Å². The van der Waals surface area contributed by atoms with E-state index in [0.29, 0.717) is 29.7 Å². The van der Waals surface area contributed by atoms with Gasteiger partial charge in [-0.2, -0.15) is 4.31 Å². The molecule has 10 nitrogen and oxygen atoms in total. The number of aromatic nitrogens is 4. The lowest BCUT2D eigenvalue weighted by Gasteiger charge is -2.26. The zero-order chi connectivity index (χ0) is 21.7. The first kappa shape index (κ1) is 22.5. The summed E-state index contributed by atoms with van der Waals surface area (Å²) in [6.07, 6.45) is 2.61. The van der Waals surface area contributed by atoms with Crippen LogP contribution in [0.5, 0.6) is 5.75 Å². The molecule has 0 atom stereocenters. The van der Waals surface area contributed by atoms with Gasteiger partial charge in [0, 0.05) is 20.1 Å². The number of nitrogens with zero attached hydrogens (tertiary/aromatic N) is 5. The number of sulfonamides is 1. The van der Waals surface area contributed by atoms with Gasteiger partial charge in [-0.25, -0.2) is 13.1 Å². The highest BCUT2D eigenvalue weighted by molar-refractivity contribution is 7.99. The second-order valence-electron chi connectivity index (χ2n) is 7.21. The van der Waals surface area contributed by atoms with Gasteiger partial charge >= 0.3 is 0 Å². The van der Waals surface area contributed by atoms with Crippen molar-refractivity contribution in [3.63, 3.8) is 0 Å². The standard InChI is InChI=1S/C18H26N6O4S2/c1-13(2)28-16-8-7-14(30(26,27)24-9-5-4-6-10-24)11-15(16)19-17(25)12-29-18-20-21-22-23(18)3/h7-8,11,13H,4-6,9-10,12H2,1-3H3,(H,19,25). The van der Waals surface area contributed by atoms with E-state index in [2.05, 4.69) is 20.8 Å². The number of ether oxygens (including phenoxy) is 1. The molecule has 0 aliphatic carbocycles. The maximum atomic E-state index is 13.0. The fraction of sp³-hybridized carbons (Fsp3) is 0.556. The smallest absolute Gasteiger partial charge is 0.243 e. The summed E-state index contributed by atoms with van der Waals surface area (Å²) in [6, 6.07) is 4.58. The van der Waals surface area contributed by atoms with E-state index >= 15 is 0 Å². The number of carbonyl (C=O) groups is 1. The van der Waals surface area contributed by atoms with Gasteiger partial charge in [0.15, 0.2) is 0 Å². The van der Waals surface area contributed by atoms with Crippen molar-refractivity contribution in [3.8, 4) is 5.75 Å². The van der Waals surface area contributed by atoms with Gasteiger partial charge < -0.3 is 10.1 Å². The van der Waals surface area contributed by atoms with Crippen LogP contribution in [0.3, 0.4) is 0 Å². The van der Waals surface area contributed by atoms with Gasteiger partial charge in [0.25, 0.3) is 0 Å². The molecule has 1 aromatic carbocycles. The fourth-order valence-corrected chi connectivity index (χ4v) is 5.23. The number of amides is 1. The SMILES string of the molecule is CC(C)Oc1ccc(S(=O)(=O)N2CCCCC2)cc1NC(=O)CSc1nnnn1C. The molecular formula is C18H26N6O4S2. The Morgan fingerprint density at radius 3 is 2.63 bits per heavy atom. The van der Waals surface area contributed by atoms with E-state index in [1.165, 1.54) is 32.9 Å². The molecule has 1 aliphatic heterocycles. The highest BCUT2D eigenvalue weighted by atomic mass is 32.2. The van der Waals surface area contributed by atoms with Crippen LogP contribution < -0.4 is 10.1 Å². The molecule has 164 valence electrons. The second kappa shape index (κ2) is 9.75. The minimum Gasteiger partial charge on any atom is -0.489 e. The Balaban J connectivity index is 1.80. The summed E-state index contributed by atoms with van der Waals surface area (Å²) in [5, 5.41) is 14.4.